The second-order valence-electron chi connectivity index (χ2n) is 4.85. The smallest absolute Gasteiger partial charge is 0.178 e. The van der Waals surface area contributed by atoms with Crippen LogP contribution in [0.15, 0.2) is 12.1 Å². The van der Waals surface area contributed by atoms with Crippen molar-refractivity contribution >= 4 is 11.4 Å². The standard InChI is InChI=1S/C13H18FN3O/c1-9-8-16-12-7-10(6-11(14)13(12)18-9)17-4-2-15-3-5-17/h6-7,9,15-16H,2-5,8H2,1H3. The van der Waals surface area contributed by atoms with Crippen molar-refractivity contribution in [2.45, 2.75) is 13.0 Å². The first-order valence-electron chi connectivity index (χ1n) is 6.44. The Morgan fingerprint density at radius 2 is 2.11 bits per heavy atom. The van der Waals surface area contributed by atoms with Crippen LogP contribution < -0.4 is 20.3 Å². The minimum Gasteiger partial charge on any atom is -0.484 e. The topological polar surface area (TPSA) is 36.5 Å². The number of ether oxygens (including phenoxy) is 1. The van der Waals surface area contributed by atoms with Crippen molar-refractivity contribution in [1.29, 1.82) is 0 Å². The van der Waals surface area contributed by atoms with Crippen LogP contribution >= 0.6 is 0 Å². The number of anilines is 2. The summed E-state index contributed by atoms with van der Waals surface area (Å²) >= 11 is 0. The van der Waals surface area contributed by atoms with Crippen LogP contribution in [0.2, 0.25) is 0 Å². The number of benzene rings is 1. The Kier molecular flexibility index (Phi) is 2.99. The summed E-state index contributed by atoms with van der Waals surface area (Å²) in [7, 11) is 0. The van der Waals surface area contributed by atoms with Crippen LogP contribution in [0.3, 0.4) is 0 Å². The fraction of sp³-hybridized carbons (Fsp3) is 0.538. The van der Waals surface area contributed by atoms with Crippen molar-refractivity contribution in [3.05, 3.63) is 17.9 Å². The average molecular weight is 251 g/mol. The van der Waals surface area contributed by atoms with Gasteiger partial charge in [-0.3, -0.25) is 0 Å². The highest BCUT2D eigenvalue weighted by Crippen LogP contribution is 2.36. The number of halogens is 1. The highest BCUT2D eigenvalue weighted by Gasteiger charge is 2.22. The van der Waals surface area contributed by atoms with Crippen LogP contribution in [-0.4, -0.2) is 38.8 Å². The van der Waals surface area contributed by atoms with Gasteiger partial charge in [-0.25, -0.2) is 4.39 Å². The Morgan fingerprint density at radius 3 is 2.89 bits per heavy atom. The molecule has 1 aromatic rings. The Morgan fingerprint density at radius 1 is 1.33 bits per heavy atom. The maximum absolute atomic E-state index is 14.1. The summed E-state index contributed by atoms with van der Waals surface area (Å²) in [6, 6.07) is 3.56. The molecule has 0 aromatic heterocycles. The Balaban J connectivity index is 1.91. The molecule has 0 spiro atoms. The summed E-state index contributed by atoms with van der Waals surface area (Å²) in [4.78, 5) is 2.19. The number of piperazine rings is 1. The summed E-state index contributed by atoms with van der Waals surface area (Å²) in [5.41, 5.74) is 1.69. The molecule has 3 rings (SSSR count). The molecular weight excluding hydrogens is 233 g/mol. The van der Waals surface area contributed by atoms with Gasteiger partial charge in [-0.05, 0) is 13.0 Å². The van der Waals surface area contributed by atoms with Crippen LogP contribution in [0, 0.1) is 5.82 Å². The van der Waals surface area contributed by atoms with E-state index in [0.717, 1.165) is 44.1 Å². The lowest BCUT2D eigenvalue weighted by Crippen LogP contribution is -2.43. The summed E-state index contributed by atoms with van der Waals surface area (Å²) < 4.78 is 19.6. The van der Waals surface area contributed by atoms with Gasteiger partial charge in [0, 0.05) is 37.9 Å². The van der Waals surface area contributed by atoms with E-state index in [1.54, 1.807) is 6.07 Å². The molecule has 1 aromatic carbocycles. The van der Waals surface area contributed by atoms with Gasteiger partial charge in [0.05, 0.1) is 12.2 Å². The number of nitrogens with one attached hydrogen (secondary N) is 2. The molecule has 2 aliphatic heterocycles. The third-order valence-corrected chi connectivity index (χ3v) is 3.41. The molecule has 0 amide bonds. The average Bonchev–Trinajstić information content (AvgIpc) is 2.40. The SMILES string of the molecule is CC1CNc2cc(N3CCNCC3)cc(F)c2O1. The zero-order valence-corrected chi connectivity index (χ0v) is 10.5. The summed E-state index contributed by atoms with van der Waals surface area (Å²) in [5.74, 6) is 0.0766. The number of nitrogens with zero attached hydrogens (tertiary/aromatic N) is 1. The predicted molar refractivity (Wildman–Crippen MR) is 70.1 cm³/mol. The second-order valence-corrected chi connectivity index (χ2v) is 4.85. The summed E-state index contributed by atoms with van der Waals surface area (Å²) in [5, 5.41) is 6.52. The van der Waals surface area contributed by atoms with Crippen molar-refractivity contribution in [3.63, 3.8) is 0 Å². The molecule has 18 heavy (non-hydrogen) atoms. The van der Waals surface area contributed by atoms with Gasteiger partial charge in [0.15, 0.2) is 11.6 Å². The van der Waals surface area contributed by atoms with Crippen LogP contribution in [0.5, 0.6) is 5.75 Å². The van der Waals surface area contributed by atoms with Crippen molar-refractivity contribution in [2.24, 2.45) is 0 Å². The molecule has 98 valence electrons. The first kappa shape index (κ1) is 11.6. The molecule has 5 heteroatoms. The van der Waals surface area contributed by atoms with Gasteiger partial charge >= 0.3 is 0 Å². The van der Waals surface area contributed by atoms with Gasteiger partial charge in [-0.1, -0.05) is 0 Å². The fourth-order valence-electron chi connectivity index (χ4n) is 2.43. The van der Waals surface area contributed by atoms with Gasteiger partial charge in [0.1, 0.15) is 6.10 Å². The minimum atomic E-state index is -0.278. The Labute approximate surface area is 106 Å². The molecular formula is C13H18FN3O. The molecule has 0 aliphatic carbocycles. The van der Waals surface area contributed by atoms with E-state index in [1.165, 1.54) is 0 Å². The predicted octanol–water partition coefficient (Wildman–Crippen LogP) is 1.43. The largest absolute Gasteiger partial charge is 0.484 e. The molecule has 0 radical (unpaired) electrons. The van der Waals surface area contributed by atoms with E-state index < -0.39 is 0 Å². The van der Waals surface area contributed by atoms with Gasteiger partial charge in [0.2, 0.25) is 0 Å². The van der Waals surface area contributed by atoms with E-state index in [2.05, 4.69) is 15.5 Å². The Bertz CT molecular complexity index is 446. The van der Waals surface area contributed by atoms with Crippen molar-refractivity contribution in [3.8, 4) is 5.75 Å². The number of hydrogen-bond donors (Lipinski definition) is 2. The summed E-state index contributed by atoms with van der Waals surface area (Å²) in [6.07, 6.45) is 0.0111. The van der Waals surface area contributed by atoms with Crippen molar-refractivity contribution in [1.82, 2.24) is 5.32 Å². The van der Waals surface area contributed by atoms with E-state index in [4.69, 9.17) is 4.74 Å². The number of hydrogen-bond acceptors (Lipinski definition) is 4. The molecule has 2 heterocycles. The van der Waals surface area contributed by atoms with Gasteiger partial charge in [-0.15, -0.1) is 0 Å². The zero-order chi connectivity index (χ0) is 12.5. The molecule has 4 nitrogen and oxygen atoms in total. The third-order valence-electron chi connectivity index (χ3n) is 3.41. The minimum absolute atomic E-state index is 0.0111. The van der Waals surface area contributed by atoms with Crippen molar-refractivity contribution in [2.75, 3.05) is 42.9 Å². The molecule has 1 atom stereocenters. The number of rotatable bonds is 1. The molecule has 1 unspecified atom stereocenters. The van der Waals surface area contributed by atoms with Crippen molar-refractivity contribution < 1.29 is 9.13 Å². The molecule has 0 saturated carbocycles. The second kappa shape index (κ2) is 4.65. The van der Waals surface area contributed by atoms with E-state index in [0.29, 0.717) is 5.75 Å². The monoisotopic (exact) mass is 251 g/mol. The van der Waals surface area contributed by atoms with Crippen LogP contribution in [0.4, 0.5) is 15.8 Å². The lowest BCUT2D eigenvalue weighted by atomic mass is 10.2. The molecule has 2 N–H and O–H groups in total. The van der Waals surface area contributed by atoms with Gasteiger partial charge < -0.3 is 20.3 Å². The molecule has 2 aliphatic rings. The maximum atomic E-state index is 14.1. The van der Waals surface area contributed by atoms with E-state index >= 15 is 0 Å². The first-order valence-corrected chi connectivity index (χ1v) is 6.44. The third kappa shape index (κ3) is 2.10. The van der Waals surface area contributed by atoms with Crippen LogP contribution in [-0.2, 0) is 0 Å². The van der Waals surface area contributed by atoms with Gasteiger partial charge in [0.25, 0.3) is 0 Å². The molecule has 0 bridgehead atoms. The Hall–Kier alpha value is -1.49. The van der Waals surface area contributed by atoms with E-state index in [-0.39, 0.29) is 11.9 Å². The van der Waals surface area contributed by atoms with E-state index in [9.17, 15) is 4.39 Å². The first-order chi connectivity index (χ1) is 8.74. The lowest BCUT2D eigenvalue weighted by molar-refractivity contribution is 0.215. The normalized spacial score (nSPS) is 23.0. The quantitative estimate of drug-likeness (QED) is 0.791. The van der Waals surface area contributed by atoms with E-state index in [1.807, 2.05) is 13.0 Å². The van der Waals surface area contributed by atoms with Crippen LogP contribution in [0.1, 0.15) is 6.92 Å². The van der Waals surface area contributed by atoms with Gasteiger partial charge in [-0.2, -0.15) is 0 Å². The highest BCUT2D eigenvalue weighted by atomic mass is 19.1. The highest BCUT2D eigenvalue weighted by molar-refractivity contribution is 5.67. The molecule has 1 fully saturated rings. The maximum Gasteiger partial charge on any atom is 0.178 e. The number of fused-ring (bicyclic) bond motifs is 1. The van der Waals surface area contributed by atoms with Crippen LogP contribution in [0.25, 0.3) is 0 Å². The fourth-order valence-corrected chi connectivity index (χ4v) is 2.43. The summed E-state index contributed by atoms with van der Waals surface area (Å²) in [6.45, 7) is 6.36. The molecule has 1 saturated heterocycles. The lowest BCUT2D eigenvalue weighted by Gasteiger charge is -2.31. The zero-order valence-electron chi connectivity index (χ0n) is 10.5.